The van der Waals surface area contributed by atoms with Gasteiger partial charge in [0.05, 0.1) is 6.10 Å². The molecule has 0 radical (unpaired) electrons. The molecule has 1 saturated heterocycles. The largest absolute Gasteiger partial charge is 0.473 e. The molecule has 1 fully saturated rings. The van der Waals surface area contributed by atoms with Gasteiger partial charge in [-0.1, -0.05) is 60.7 Å². The fourth-order valence-electron chi connectivity index (χ4n) is 2.53. The Kier molecular flexibility index (Phi) is 6.68. The summed E-state index contributed by atoms with van der Waals surface area (Å²) in [4.78, 5) is 20.5. The number of aliphatic carboxylic acids is 2. The van der Waals surface area contributed by atoms with Crippen LogP contribution in [0.15, 0.2) is 60.7 Å². The summed E-state index contributed by atoms with van der Waals surface area (Å²) in [6.07, 6.45) is 0.386. The zero-order chi connectivity index (χ0) is 18.2. The Hall–Kier alpha value is -2.70. The van der Waals surface area contributed by atoms with Gasteiger partial charge in [-0.25, -0.2) is 9.59 Å². The van der Waals surface area contributed by atoms with Crippen molar-refractivity contribution >= 4 is 11.9 Å². The third-order valence-electron chi connectivity index (χ3n) is 3.75. The lowest BCUT2D eigenvalue weighted by molar-refractivity contribution is -0.159. The summed E-state index contributed by atoms with van der Waals surface area (Å²) >= 11 is 0. The second-order valence-corrected chi connectivity index (χ2v) is 5.79. The number of carbonyl (C=O) groups is 2. The van der Waals surface area contributed by atoms with Crippen molar-refractivity contribution in [3.63, 3.8) is 0 Å². The maximum absolute atomic E-state index is 9.10. The van der Waals surface area contributed by atoms with E-state index in [0.29, 0.717) is 6.10 Å². The highest BCUT2D eigenvalue weighted by Crippen LogP contribution is 2.29. The predicted molar refractivity (Wildman–Crippen MR) is 92.4 cm³/mol. The molecule has 2 aromatic carbocycles. The Bertz CT molecular complexity index is 632. The lowest BCUT2D eigenvalue weighted by Crippen LogP contribution is -2.50. The summed E-state index contributed by atoms with van der Waals surface area (Å²) in [5.41, 5.74) is 2.45. The molecule has 6 heteroatoms. The Morgan fingerprint density at radius 2 is 1.32 bits per heavy atom. The summed E-state index contributed by atoms with van der Waals surface area (Å²) in [6.45, 7) is 2.05. The van der Waals surface area contributed by atoms with Crippen LogP contribution in [-0.4, -0.2) is 53.3 Å². The van der Waals surface area contributed by atoms with Crippen LogP contribution < -0.4 is 0 Å². The van der Waals surface area contributed by atoms with Crippen molar-refractivity contribution in [2.24, 2.45) is 0 Å². The number of rotatable bonds is 4. The van der Waals surface area contributed by atoms with Crippen LogP contribution in [0.1, 0.15) is 17.2 Å². The number of carboxylic acid groups (broad SMARTS) is 2. The van der Waals surface area contributed by atoms with Crippen LogP contribution in [0.5, 0.6) is 0 Å². The molecule has 0 amide bonds. The van der Waals surface area contributed by atoms with E-state index < -0.39 is 11.9 Å². The van der Waals surface area contributed by atoms with Gasteiger partial charge in [-0.05, 0) is 18.2 Å². The number of likely N-dealkylation sites (tertiary alicyclic amines) is 1. The first-order valence-corrected chi connectivity index (χ1v) is 7.87. The molecule has 0 unspecified atom stereocenters. The van der Waals surface area contributed by atoms with Gasteiger partial charge in [0, 0.05) is 13.1 Å². The molecular formula is C19H21NO5. The van der Waals surface area contributed by atoms with Gasteiger partial charge in [-0.3, -0.25) is 0 Å². The molecule has 0 aliphatic carbocycles. The topological polar surface area (TPSA) is 87.1 Å². The Balaban J connectivity index is 0.000000326. The van der Waals surface area contributed by atoms with Crippen molar-refractivity contribution in [1.82, 2.24) is 4.90 Å². The lowest BCUT2D eigenvalue weighted by atomic mass is 10.0. The quantitative estimate of drug-likeness (QED) is 0.828. The fraction of sp³-hybridized carbons (Fsp3) is 0.263. The summed E-state index contributed by atoms with van der Waals surface area (Å²) in [5, 5.41) is 14.8. The minimum absolute atomic E-state index is 0.0427. The summed E-state index contributed by atoms with van der Waals surface area (Å²) in [7, 11) is 2.12. The van der Waals surface area contributed by atoms with Crippen molar-refractivity contribution in [3.8, 4) is 0 Å². The van der Waals surface area contributed by atoms with Crippen LogP contribution in [0.2, 0.25) is 0 Å². The van der Waals surface area contributed by atoms with Gasteiger partial charge in [0.15, 0.2) is 0 Å². The second kappa shape index (κ2) is 8.96. The Morgan fingerprint density at radius 3 is 1.64 bits per heavy atom. The van der Waals surface area contributed by atoms with Crippen molar-refractivity contribution in [3.05, 3.63) is 71.8 Å². The highest BCUT2D eigenvalue weighted by molar-refractivity contribution is 6.27. The lowest BCUT2D eigenvalue weighted by Gasteiger charge is -2.38. The summed E-state index contributed by atoms with van der Waals surface area (Å²) in [5.74, 6) is -3.65. The summed E-state index contributed by atoms with van der Waals surface area (Å²) in [6, 6.07) is 20.9. The van der Waals surface area contributed by atoms with E-state index in [2.05, 4.69) is 60.5 Å². The minimum atomic E-state index is -1.82. The summed E-state index contributed by atoms with van der Waals surface area (Å²) < 4.78 is 6.29. The van der Waals surface area contributed by atoms with Crippen LogP contribution >= 0.6 is 0 Å². The van der Waals surface area contributed by atoms with E-state index in [1.165, 1.54) is 11.1 Å². The Labute approximate surface area is 146 Å². The molecule has 2 aromatic rings. The van der Waals surface area contributed by atoms with Gasteiger partial charge in [0.25, 0.3) is 0 Å². The highest BCUT2D eigenvalue weighted by Gasteiger charge is 2.28. The maximum atomic E-state index is 9.10. The van der Waals surface area contributed by atoms with Gasteiger partial charge < -0.3 is 19.8 Å². The molecule has 1 heterocycles. The molecule has 25 heavy (non-hydrogen) atoms. The number of ether oxygens (including phenoxy) is 1. The molecule has 0 aromatic heterocycles. The van der Waals surface area contributed by atoms with E-state index >= 15 is 0 Å². The van der Waals surface area contributed by atoms with E-state index in [4.69, 9.17) is 24.5 Å². The molecule has 132 valence electrons. The van der Waals surface area contributed by atoms with E-state index in [1.54, 1.807) is 0 Å². The number of benzene rings is 2. The van der Waals surface area contributed by atoms with E-state index in [1.807, 2.05) is 12.1 Å². The van der Waals surface area contributed by atoms with Gasteiger partial charge in [-0.15, -0.1) is 0 Å². The molecule has 0 saturated carbocycles. The fourth-order valence-corrected chi connectivity index (χ4v) is 2.53. The SMILES string of the molecule is CN1CC(OC(c2ccccc2)c2ccccc2)C1.O=C(O)C(=O)O. The number of hydrogen-bond acceptors (Lipinski definition) is 4. The zero-order valence-corrected chi connectivity index (χ0v) is 13.9. The number of carboxylic acids is 2. The van der Waals surface area contributed by atoms with Crippen molar-refractivity contribution in [2.45, 2.75) is 12.2 Å². The molecule has 0 atom stereocenters. The average molecular weight is 343 g/mol. The molecule has 1 aliphatic heterocycles. The van der Waals surface area contributed by atoms with E-state index in [0.717, 1.165) is 13.1 Å². The smallest absolute Gasteiger partial charge is 0.414 e. The van der Waals surface area contributed by atoms with Crippen LogP contribution in [0, 0.1) is 0 Å². The number of nitrogens with zero attached hydrogens (tertiary/aromatic N) is 1. The zero-order valence-electron chi connectivity index (χ0n) is 13.9. The van der Waals surface area contributed by atoms with Crippen LogP contribution in [-0.2, 0) is 14.3 Å². The third kappa shape index (κ3) is 5.70. The molecule has 0 spiro atoms. The number of likely N-dealkylation sites (N-methyl/N-ethyl adjacent to an activating group) is 1. The molecule has 6 nitrogen and oxygen atoms in total. The molecular weight excluding hydrogens is 322 g/mol. The molecule has 3 rings (SSSR count). The first kappa shape index (κ1) is 18.6. The Morgan fingerprint density at radius 1 is 0.920 bits per heavy atom. The molecule has 2 N–H and O–H groups in total. The van der Waals surface area contributed by atoms with Crippen molar-refractivity contribution in [1.29, 1.82) is 0 Å². The van der Waals surface area contributed by atoms with Crippen LogP contribution in [0.4, 0.5) is 0 Å². The van der Waals surface area contributed by atoms with Gasteiger partial charge in [-0.2, -0.15) is 0 Å². The molecule has 0 bridgehead atoms. The number of hydrogen-bond donors (Lipinski definition) is 2. The average Bonchev–Trinajstić information content (AvgIpc) is 2.59. The minimum Gasteiger partial charge on any atom is -0.473 e. The second-order valence-electron chi connectivity index (χ2n) is 5.79. The van der Waals surface area contributed by atoms with E-state index in [-0.39, 0.29) is 6.10 Å². The monoisotopic (exact) mass is 343 g/mol. The maximum Gasteiger partial charge on any atom is 0.414 e. The third-order valence-corrected chi connectivity index (χ3v) is 3.75. The van der Waals surface area contributed by atoms with Gasteiger partial charge in [0.1, 0.15) is 6.10 Å². The van der Waals surface area contributed by atoms with E-state index in [9.17, 15) is 0 Å². The van der Waals surface area contributed by atoms with Crippen LogP contribution in [0.25, 0.3) is 0 Å². The van der Waals surface area contributed by atoms with Gasteiger partial charge >= 0.3 is 11.9 Å². The highest BCUT2D eigenvalue weighted by atomic mass is 16.5. The molecule has 1 aliphatic rings. The predicted octanol–water partition coefficient (Wildman–Crippen LogP) is 2.26. The standard InChI is InChI=1S/C17H19NO.C2H2O4/c1-18-12-16(13-18)19-17(14-8-4-2-5-9-14)15-10-6-3-7-11-15;3-1(4)2(5)6/h2-11,16-17H,12-13H2,1H3;(H,3,4)(H,5,6). The first-order valence-electron chi connectivity index (χ1n) is 7.87. The van der Waals surface area contributed by atoms with Crippen molar-refractivity contribution in [2.75, 3.05) is 20.1 Å². The normalized spacial score (nSPS) is 14.3. The van der Waals surface area contributed by atoms with Crippen molar-refractivity contribution < 1.29 is 24.5 Å². The van der Waals surface area contributed by atoms with Gasteiger partial charge in [0.2, 0.25) is 0 Å². The van der Waals surface area contributed by atoms with Crippen LogP contribution in [0.3, 0.4) is 0 Å². The first-order chi connectivity index (χ1) is 12.0.